The van der Waals surface area contributed by atoms with E-state index in [1.165, 1.54) is 33.3 Å². The predicted octanol–water partition coefficient (Wildman–Crippen LogP) is 3.73. The number of ether oxygens (including phenoxy) is 2. The first-order chi connectivity index (χ1) is 18.2. The van der Waals surface area contributed by atoms with Gasteiger partial charge in [-0.3, -0.25) is 14.4 Å². The van der Waals surface area contributed by atoms with Crippen molar-refractivity contribution in [1.29, 1.82) is 0 Å². The number of phenols is 1. The number of carbonyl (C=O) groups excluding carboxylic acids is 3. The number of carbonyl (C=O) groups is 3. The number of rotatable bonds is 7. The van der Waals surface area contributed by atoms with Gasteiger partial charge in [0.25, 0.3) is 0 Å². The van der Waals surface area contributed by atoms with Crippen LogP contribution in [-0.4, -0.2) is 47.6 Å². The molecule has 0 spiro atoms. The largest absolute Gasteiger partial charge is 0.508 e. The highest BCUT2D eigenvalue weighted by atomic mass is 16.5. The number of hydrogen-bond donors (Lipinski definition) is 4. The number of methoxy groups -OCH3 is 2. The number of aromatic hydroxyl groups is 1. The lowest BCUT2D eigenvalue weighted by atomic mass is 9.61. The molecule has 1 aliphatic carbocycles. The summed E-state index contributed by atoms with van der Waals surface area (Å²) in [6, 6.07) is 19.5. The highest BCUT2D eigenvalue weighted by molar-refractivity contribution is 6.11. The Morgan fingerprint density at radius 3 is 1.87 bits per heavy atom. The van der Waals surface area contributed by atoms with Gasteiger partial charge in [0.1, 0.15) is 28.9 Å². The number of benzene rings is 3. The average Bonchev–Trinajstić information content (AvgIpc) is 2.88. The summed E-state index contributed by atoms with van der Waals surface area (Å²) in [6.07, 6.45) is -0.407. The number of phenolic OH excluding ortho intramolecular Hbond substituents is 1. The monoisotopic (exact) mass is 518 g/mol. The maximum atomic E-state index is 13.8. The first-order valence-corrected chi connectivity index (χ1v) is 12.1. The quantitative estimate of drug-likeness (QED) is 0.350. The second-order valence-corrected chi connectivity index (χ2v) is 9.45. The molecule has 4 atom stereocenters. The van der Waals surface area contributed by atoms with Crippen molar-refractivity contribution in [3.63, 3.8) is 0 Å². The third-order valence-electron chi connectivity index (χ3n) is 6.84. The van der Waals surface area contributed by atoms with E-state index in [2.05, 4.69) is 10.6 Å². The van der Waals surface area contributed by atoms with Crippen LogP contribution in [0.15, 0.2) is 72.8 Å². The average molecular weight is 519 g/mol. The molecule has 9 nitrogen and oxygen atoms in total. The standard InChI is InChI=1S/C29H30N2O7/c1-29(36)16-21(33)25(27(34)30-19-8-4-6-10-22(19)37-2)24(17-12-14-18(32)15-13-17)26(29)28(35)31-20-9-5-7-11-23(20)38-3/h4-15,24-26,32,36H,16H2,1-3H3,(H,30,34)(H,31,35). The molecule has 1 aliphatic rings. The fourth-order valence-electron chi connectivity index (χ4n) is 5.11. The lowest BCUT2D eigenvalue weighted by Crippen LogP contribution is -2.56. The number of amides is 2. The molecule has 0 bridgehead atoms. The zero-order chi connectivity index (χ0) is 27.4. The topological polar surface area (TPSA) is 134 Å². The number of anilines is 2. The van der Waals surface area contributed by atoms with Crippen LogP contribution in [0.3, 0.4) is 0 Å². The van der Waals surface area contributed by atoms with Crippen molar-refractivity contribution in [2.45, 2.75) is 24.9 Å². The predicted molar refractivity (Wildman–Crippen MR) is 141 cm³/mol. The Hall–Kier alpha value is -4.37. The second-order valence-electron chi connectivity index (χ2n) is 9.45. The molecule has 0 aromatic heterocycles. The summed E-state index contributed by atoms with van der Waals surface area (Å²) in [5.74, 6) is -4.49. The third kappa shape index (κ3) is 5.33. The third-order valence-corrected chi connectivity index (χ3v) is 6.84. The van der Waals surface area contributed by atoms with Crippen molar-refractivity contribution in [1.82, 2.24) is 0 Å². The van der Waals surface area contributed by atoms with Crippen LogP contribution in [0.5, 0.6) is 17.2 Å². The van der Waals surface area contributed by atoms with E-state index in [1.807, 2.05) is 0 Å². The van der Waals surface area contributed by atoms with E-state index in [-0.39, 0.29) is 5.75 Å². The number of para-hydroxylation sites is 4. The zero-order valence-electron chi connectivity index (χ0n) is 21.3. The number of nitrogens with one attached hydrogen (secondary N) is 2. The minimum absolute atomic E-state index is 0.0207. The summed E-state index contributed by atoms with van der Waals surface area (Å²) in [4.78, 5) is 40.9. The Balaban J connectivity index is 1.78. The van der Waals surface area contributed by atoms with Crippen LogP contribution in [0.25, 0.3) is 0 Å². The van der Waals surface area contributed by atoms with Gasteiger partial charge in [0.2, 0.25) is 11.8 Å². The fourth-order valence-corrected chi connectivity index (χ4v) is 5.11. The summed E-state index contributed by atoms with van der Waals surface area (Å²) in [6.45, 7) is 1.42. The Bertz CT molecular complexity index is 1340. The molecule has 4 unspecified atom stereocenters. The van der Waals surface area contributed by atoms with Crippen LogP contribution in [0.2, 0.25) is 0 Å². The van der Waals surface area contributed by atoms with Gasteiger partial charge in [0, 0.05) is 12.3 Å². The summed E-state index contributed by atoms with van der Waals surface area (Å²) in [5.41, 5.74) is -0.583. The van der Waals surface area contributed by atoms with Gasteiger partial charge >= 0.3 is 0 Å². The highest BCUT2D eigenvalue weighted by Gasteiger charge is 2.56. The van der Waals surface area contributed by atoms with Gasteiger partial charge in [-0.05, 0) is 48.9 Å². The lowest BCUT2D eigenvalue weighted by Gasteiger charge is -2.44. The number of aliphatic hydroxyl groups is 1. The molecule has 4 N–H and O–H groups in total. The molecule has 9 heteroatoms. The Morgan fingerprint density at radius 2 is 1.34 bits per heavy atom. The number of Topliss-reactive ketones (excluding diaryl/α,β-unsaturated/α-hetero) is 1. The van der Waals surface area contributed by atoms with Gasteiger partial charge in [-0.2, -0.15) is 0 Å². The number of hydrogen-bond acceptors (Lipinski definition) is 7. The zero-order valence-corrected chi connectivity index (χ0v) is 21.3. The summed E-state index contributed by atoms with van der Waals surface area (Å²) in [5, 5.41) is 26.8. The second kappa shape index (κ2) is 10.9. The van der Waals surface area contributed by atoms with Crippen molar-refractivity contribution in [2.75, 3.05) is 24.9 Å². The van der Waals surface area contributed by atoms with Crippen LogP contribution < -0.4 is 20.1 Å². The summed E-state index contributed by atoms with van der Waals surface area (Å²) < 4.78 is 10.7. The van der Waals surface area contributed by atoms with Gasteiger partial charge in [-0.1, -0.05) is 36.4 Å². The van der Waals surface area contributed by atoms with Crippen LogP contribution >= 0.6 is 0 Å². The molecule has 3 aromatic carbocycles. The van der Waals surface area contributed by atoms with Gasteiger partial charge < -0.3 is 30.3 Å². The molecule has 3 aromatic rings. The first-order valence-electron chi connectivity index (χ1n) is 12.1. The van der Waals surface area contributed by atoms with Crippen LogP contribution in [-0.2, 0) is 14.4 Å². The van der Waals surface area contributed by atoms with Crippen molar-refractivity contribution in [2.24, 2.45) is 11.8 Å². The minimum Gasteiger partial charge on any atom is -0.508 e. The molecule has 1 fully saturated rings. The molecule has 0 saturated heterocycles. The molecule has 4 rings (SSSR count). The van der Waals surface area contributed by atoms with Gasteiger partial charge in [0.15, 0.2) is 0 Å². The molecular formula is C29H30N2O7. The molecule has 38 heavy (non-hydrogen) atoms. The van der Waals surface area contributed by atoms with E-state index in [1.54, 1.807) is 60.7 Å². The van der Waals surface area contributed by atoms with Crippen LogP contribution in [0.1, 0.15) is 24.8 Å². The Labute approximate surface area is 220 Å². The lowest BCUT2D eigenvalue weighted by molar-refractivity contribution is -0.150. The smallest absolute Gasteiger partial charge is 0.235 e. The highest BCUT2D eigenvalue weighted by Crippen LogP contribution is 2.47. The number of ketones is 1. The summed E-state index contributed by atoms with van der Waals surface area (Å²) >= 11 is 0. The summed E-state index contributed by atoms with van der Waals surface area (Å²) in [7, 11) is 2.93. The van der Waals surface area contributed by atoms with E-state index in [0.717, 1.165) is 0 Å². The van der Waals surface area contributed by atoms with Gasteiger partial charge in [-0.15, -0.1) is 0 Å². The van der Waals surface area contributed by atoms with Crippen molar-refractivity contribution < 1.29 is 34.1 Å². The van der Waals surface area contributed by atoms with E-state index in [4.69, 9.17) is 9.47 Å². The minimum atomic E-state index is -1.77. The Morgan fingerprint density at radius 1 is 0.842 bits per heavy atom. The first kappa shape index (κ1) is 26.7. The maximum absolute atomic E-state index is 13.8. The molecule has 1 saturated carbocycles. The maximum Gasteiger partial charge on any atom is 0.235 e. The normalized spacial score (nSPS) is 22.8. The van der Waals surface area contributed by atoms with Crippen LogP contribution in [0, 0.1) is 11.8 Å². The Kier molecular flexibility index (Phi) is 7.68. The molecule has 2 amide bonds. The molecular weight excluding hydrogens is 488 g/mol. The van der Waals surface area contributed by atoms with E-state index < -0.39 is 47.4 Å². The van der Waals surface area contributed by atoms with Gasteiger partial charge in [0.05, 0.1) is 37.1 Å². The van der Waals surface area contributed by atoms with E-state index >= 15 is 0 Å². The van der Waals surface area contributed by atoms with Gasteiger partial charge in [-0.25, -0.2) is 0 Å². The molecule has 198 valence electrons. The van der Waals surface area contributed by atoms with Crippen molar-refractivity contribution >= 4 is 29.0 Å². The van der Waals surface area contributed by atoms with E-state index in [0.29, 0.717) is 28.4 Å². The van der Waals surface area contributed by atoms with Crippen LogP contribution in [0.4, 0.5) is 11.4 Å². The molecule has 0 aliphatic heterocycles. The van der Waals surface area contributed by atoms with E-state index in [9.17, 15) is 24.6 Å². The van der Waals surface area contributed by atoms with Crippen molar-refractivity contribution in [3.05, 3.63) is 78.4 Å². The fraction of sp³-hybridized carbons (Fsp3) is 0.276. The van der Waals surface area contributed by atoms with Crippen molar-refractivity contribution in [3.8, 4) is 17.2 Å². The molecule has 0 heterocycles. The molecule has 0 radical (unpaired) electrons. The SMILES string of the molecule is COc1ccccc1NC(=O)C1C(=O)CC(C)(O)C(C(=O)Nc2ccccc2OC)C1c1ccc(O)cc1.